The van der Waals surface area contributed by atoms with Crippen molar-refractivity contribution in [2.45, 2.75) is 51.7 Å². The molecule has 1 atom stereocenters. The molecular formula is C19H24N6O3. The van der Waals surface area contributed by atoms with E-state index in [-0.39, 0.29) is 19.0 Å². The smallest absolute Gasteiger partial charge is 0.328 e. The summed E-state index contributed by atoms with van der Waals surface area (Å²) in [5.74, 6) is 0.715. The average Bonchev–Trinajstić information content (AvgIpc) is 2.90. The van der Waals surface area contributed by atoms with Gasteiger partial charge in [-0.2, -0.15) is 0 Å². The predicted molar refractivity (Wildman–Crippen MR) is 101 cm³/mol. The molecular weight excluding hydrogens is 360 g/mol. The minimum Gasteiger partial charge on any atom is -0.480 e. The number of aliphatic carboxylic acids is 1. The van der Waals surface area contributed by atoms with Gasteiger partial charge in [0.1, 0.15) is 17.7 Å². The van der Waals surface area contributed by atoms with Crippen molar-refractivity contribution in [3.05, 3.63) is 35.5 Å². The molecule has 0 aromatic carbocycles. The van der Waals surface area contributed by atoms with Crippen LogP contribution in [-0.4, -0.2) is 60.8 Å². The molecule has 148 valence electrons. The van der Waals surface area contributed by atoms with E-state index in [1.165, 1.54) is 17.7 Å². The predicted octanol–water partition coefficient (Wildman–Crippen LogP) is 1.47. The Morgan fingerprint density at radius 3 is 2.50 bits per heavy atom. The molecule has 1 fully saturated rings. The molecule has 1 amide bonds. The van der Waals surface area contributed by atoms with E-state index in [9.17, 15) is 14.7 Å². The number of nitrogens with zero attached hydrogens (tertiary/aromatic N) is 6. The van der Waals surface area contributed by atoms with Gasteiger partial charge in [0.2, 0.25) is 0 Å². The van der Waals surface area contributed by atoms with E-state index < -0.39 is 12.0 Å². The van der Waals surface area contributed by atoms with Gasteiger partial charge in [-0.3, -0.25) is 4.79 Å². The first-order valence-electron chi connectivity index (χ1n) is 9.68. The van der Waals surface area contributed by atoms with Crippen LogP contribution < -0.4 is 4.90 Å². The Morgan fingerprint density at radius 2 is 1.86 bits per heavy atom. The summed E-state index contributed by atoms with van der Waals surface area (Å²) in [5.41, 5.74) is 0.384. The number of carboxylic acid groups (broad SMARTS) is 1. The van der Waals surface area contributed by atoms with E-state index >= 15 is 0 Å². The van der Waals surface area contributed by atoms with Gasteiger partial charge in [0.15, 0.2) is 5.82 Å². The highest BCUT2D eigenvalue weighted by Gasteiger charge is 2.36. The number of carbonyl (C=O) groups is 2. The number of aryl methyl sites for hydroxylation is 1. The molecule has 0 radical (unpaired) electrons. The molecule has 2 aliphatic rings. The van der Waals surface area contributed by atoms with Crippen molar-refractivity contribution in [3.8, 4) is 0 Å². The van der Waals surface area contributed by atoms with Crippen molar-refractivity contribution in [1.82, 2.24) is 24.6 Å². The first-order valence-corrected chi connectivity index (χ1v) is 9.68. The van der Waals surface area contributed by atoms with Crippen LogP contribution in [-0.2, 0) is 17.9 Å². The van der Waals surface area contributed by atoms with Gasteiger partial charge >= 0.3 is 5.97 Å². The maximum Gasteiger partial charge on any atom is 0.328 e. The maximum atomic E-state index is 13.0. The van der Waals surface area contributed by atoms with Gasteiger partial charge < -0.3 is 19.5 Å². The zero-order valence-electron chi connectivity index (χ0n) is 15.9. The normalized spacial score (nSPS) is 19.8. The fourth-order valence-electron chi connectivity index (χ4n) is 3.90. The van der Waals surface area contributed by atoms with E-state index in [4.69, 9.17) is 0 Å². The van der Waals surface area contributed by atoms with E-state index in [0.717, 1.165) is 31.7 Å². The van der Waals surface area contributed by atoms with Crippen molar-refractivity contribution in [2.24, 2.45) is 0 Å². The van der Waals surface area contributed by atoms with Gasteiger partial charge in [-0.25, -0.2) is 9.78 Å². The zero-order valence-corrected chi connectivity index (χ0v) is 15.9. The van der Waals surface area contributed by atoms with Crippen molar-refractivity contribution >= 4 is 17.7 Å². The van der Waals surface area contributed by atoms with Gasteiger partial charge in [0.05, 0.1) is 18.7 Å². The third-order valence-corrected chi connectivity index (χ3v) is 5.53. The Balaban J connectivity index is 1.55. The number of carbonyl (C=O) groups excluding carboxylic acids is 1. The topological polar surface area (TPSA) is 104 Å². The Labute approximate surface area is 163 Å². The molecule has 2 aromatic heterocycles. The molecule has 2 aromatic rings. The first kappa shape index (κ1) is 18.4. The van der Waals surface area contributed by atoms with E-state index in [2.05, 4.69) is 20.1 Å². The summed E-state index contributed by atoms with van der Waals surface area (Å²) < 4.78 is 1.75. The molecule has 0 spiro atoms. The molecule has 1 N–H and O–H groups in total. The highest BCUT2D eigenvalue weighted by atomic mass is 16.4. The third-order valence-electron chi connectivity index (χ3n) is 5.53. The largest absolute Gasteiger partial charge is 0.480 e. The fourth-order valence-corrected chi connectivity index (χ4v) is 3.90. The van der Waals surface area contributed by atoms with Crippen LogP contribution in [0.25, 0.3) is 0 Å². The number of amides is 1. The first-order chi connectivity index (χ1) is 13.5. The van der Waals surface area contributed by atoms with Crippen LogP contribution in [0, 0.1) is 6.92 Å². The number of fused-ring (bicyclic) bond motifs is 1. The molecule has 0 bridgehead atoms. The van der Waals surface area contributed by atoms with Gasteiger partial charge in [0, 0.05) is 19.3 Å². The molecule has 2 aliphatic heterocycles. The van der Waals surface area contributed by atoms with E-state index in [1.807, 2.05) is 6.07 Å². The number of pyridine rings is 1. The van der Waals surface area contributed by atoms with Gasteiger partial charge in [-0.15, -0.1) is 10.2 Å². The summed E-state index contributed by atoms with van der Waals surface area (Å²) in [4.78, 5) is 32.9. The lowest BCUT2D eigenvalue weighted by atomic mass is 10.1. The maximum absolute atomic E-state index is 13.0. The molecule has 0 saturated carbocycles. The van der Waals surface area contributed by atoms with Crippen LogP contribution in [0.4, 0.5) is 5.82 Å². The minimum absolute atomic E-state index is 0.116. The van der Waals surface area contributed by atoms with Crippen LogP contribution >= 0.6 is 0 Å². The Kier molecular flexibility index (Phi) is 4.97. The number of hydrogen-bond acceptors (Lipinski definition) is 6. The summed E-state index contributed by atoms with van der Waals surface area (Å²) in [5, 5.41) is 17.7. The molecule has 9 nitrogen and oxygen atoms in total. The van der Waals surface area contributed by atoms with E-state index in [0.29, 0.717) is 17.2 Å². The lowest BCUT2D eigenvalue weighted by molar-refractivity contribution is -0.143. The van der Waals surface area contributed by atoms with Gasteiger partial charge in [-0.1, -0.05) is 12.8 Å². The Bertz CT molecular complexity index is 870. The van der Waals surface area contributed by atoms with E-state index in [1.54, 1.807) is 23.8 Å². The monoisotopic (exact) mass is 384 g/mol. The quantitative estimate of drug-likeness (QED) is 0.854. The lowest BCUT2D eigenvalue weighted by Crippen LogP contribution is -2.50. The Hall–Kier alpha value is -2.97. The summed E-state index contributed by atoms with van der Waals surface area (Å²) >= 11 is 0. The number of carboxylic acids is 1. The van der Waals surface area contributed by atoms with Crippen molar-refractivity contribution < 1.29 is 14.7 Å². The summed E-state index contributed by atoms with van der Waals surface area (Å²) in [6, 6.07) is 2.63. The molecule has 4 rings (SSSR count). The average molecular weight is 384 g/mol. The third kappa shape index (κ3) is 3.44. The Morgan fingerprint density at radius 1 is 1.11 bits per heavy atom. The summed E-state index contributed by atoms with van der Waals surface area (Å²) in [6.07, 6.45) is 6.32. The van der Waals surface area contributed by atoms with Gasteiger partial charge in [0.25, 0.3) is 5.91 Å². The van der Waals surface area contributed by atoms with Crippen LogP contribution in [0.3, 0.4) is 0 Å². The molecule has 28 heavy (non-hydrogen) atoms. The molecule has 9 heteroatoms. The minimum atomic E-state index is -1.04. The van der Waals surface area contributed by atoms with Crippen molar-refractivity contribution in [2.75, 3.05) is 18.0 Å². The molecule has 1 saturated heterocycles. The second kappa shape index (κ2) is 7.57. The molecule has 4 heterocycles. The summed E-state index contributed by atoms with van der Waals surface area (Å²) in [7, 11) is 0. The molecule has 1 unspecified atom stereocenters. The SMILES string of the molecule is Cc1nnc2n1CC(C(=O)O)N(C(=O)c1ccc(N3CCCCCC3)nc1)C2. The van der Waals surface area contributed by atoms with Crippen LogP contribution in [0.15, 0.2) is 18.3 Å². The highest BCUT2D eigenvalue weighted by molar-refractivity contribution is 5.96. The van der Waals surface area contributed by atoms with Gasteiger partial charge in [-0.05, 0) is 31.9 Å². The lowest BCUT2D eigenvalue weighted by Gasteiger charge is -2.33. The van der Waals surface area contributed by atoms with Crippen LogP contribution in [0.5, 0.6) is 0 Å². The number of aromatic nitrogens is 4. The standard InChI is InChI=1S/C19H24N6O3/c1-13-21-22-17-12-25(15(19(27)28)11-24(13)17)18(26)14-6-7-16(20-10-14)23-8-4-2-3-5-9-23/h6-7,10,15H,2-5,8-9,11-12H2,1H3,(H,27,28). The fraction of sp³-hybridized carbons (Fsp3) is 0.526. The molecule has 0 aliphatic carbocycles. The van der Waals surface area contributed by atoms with Crippen molar-refractivity contribution in [3.63, 3.8) is 0 Å². The van der Waals surface area contributed by atoms with Crippen molar-refractivity contribution in [1.29, 1.82) is 0 Å². The second-order valence-electron chi connectivity index (χ2n) is 7.37. The number of hydrogen-bond donors (Lipinski definition) is 1. The zero-order chi connectivity index (χ0) is 19.7. The number of anilines is 1. The number of rotatable bonds is 3. The summed E-state index contributed by atoms with van der Waals surface area (Å²) in [6.45, 7) is 3.99. The van der Waals surface area contributed by atoms with Crippen LogP contribution in [0.1, 0.15) is 47.7 Å². The highest BCUT2D eigenvalue weighted by Crippen LogP contribution is 2.22. The second-order valence-corrected chi connectivity index (χ2v) is 7.37. The van der Waals surface area contributed by atoms with Crippen LogP contribution in [0.2, 0.25) is 0 Å².